The number of hydrogen-bond donors (Lipinski definition) is 0. The van der Waals surface area contributed by atoms with E-state index in [2.05, 4.69) is 25.1 Å². The molecule has 0 saturated heterocycles. The Morgan fingerprint density at radius 3 is 2.47 bits per heavy atom. The molecular formula is C25H18N8O. The van der Waals surface area contributed by atoms with Gasteiger partial charge in [-0.2, -0.15) is 15.5 Å². The van der Waals surface area contributed by atoms with Crippen LogP contribution >= 0.6 is 0 Å². The molecule has 5 rings (SSSR count). The van der Waals surface area contributed by atoms with Crippen LogP contribution in [0.2, 0.25) is 0 Å². The Morgan fingerprint density at radius 1 is 0.941 bits per heavy atom. The first-order valence-corrected chi connectivity index (χ1v) is 10.4. The highest BCUT2D eigenvalue weighted by molar-refractivity contribution is 5.63. The van der Waals surface area contributed by atoms with Gasteiger partial charge in [0.1, 0.15) is 23.1 Å². The van der Waals surface area contributed by atoms with Gasteiger partial charge in [-0.25, -0.2) is 19.6 Å². The van der Waals surface area contributed by atoms with Crippen molar-refractivity contribution in [2.75, 3.05) is 0 Å². The summed E-state index contributed by atoms with van der Waals surface area (Å²) in [6, 6.07) is 14.7. The van der Waals surface area contributed by atoms with E-state index in [9.17, 15) is 4.79 Å². The van der Waals surface area contributed by atoms with Crippen molar-refractivity contribution in [3.63, 3.8) is 0 Å². The molecule has 0 bridgehead atoms. The van der Waals surface area contributed by atoms with Crippen LogP contribution < -0.4 is 5.43 Å². The second-order valence-electron chi connectivity index (χ2n) is 7.66. The van der Waals surface area contributed by atoms with Gasteiger partial charge in [-0.3, -0.25) is 9.48 Å². The van der Waals surface area contributed by atoms with Crippen molar-refractivity contribution in [1.29, 1.82) is 5.26 Å². The van der Waals surface area contributed by atoms with Gasteiger partial charge in [0.2, 0.25) is 5.43 Å². The number of nitrogens with zero attached hydrogens (tertiary/aromatic N) is 8. The first-order chi connectivity index (χ1) is 16.6. The van der Waals surface area contributed by atoms with Crippen LogP contribution in [0, 0.1) is 11.3 Å². The quantitative estimate of drug-likeness (QED) is 0.408. The number of aromatic nitrogens is 7. The summed E-state index contributed by atoms with van der Waals surface area (Å²) in [7, 11) is 1.83. The van der Waals surface area contributed by atoms with E-state index < -0.39 is 0 Å². The van der Waals surface area contributed by atoms with Crippen LogP contribution in [-0.4, -0.2) is 34.5 Å². The minimum Gasteiger partial charge on any atom is -0.288 e. The Labute approximate surface area is 194 Å². The number of rotatable bonds is 5. The normalized spacial score (nSPS) is 10.7. The highest BCUT2D eigenvalue weighted by Gasteiger charge is 2.09. The SMILES string of the molecule is Cn1cc(-n2ccc(=O)c(Cc3cccc(-c4ncc(-c5ccc(C#N)nc5)cn4)c3)n2)cn1. The van der Waals surface area contributed by atoms with Crippen LogP contribution in [0.25, 0.3) is 28.2 Å². The fourth-order valence-electron chi connectivity index (χ4n) is 3.51. The number of benzene rings is 1. The lowest BCUT2D eigenvalue weighted by Crippen LogP contribution is -2.16. The molecule has 0 aliphatic carbocycles. The third-order valence-corrected chi connectivity index (χ3v) is 5.26. The van der Waals surface area contributed by atoms with Crippen molar-refractivity contribution < 1.29 is 0 Å². The topological polar surface area (TPSA) is 115 Å². The van der Waals surface area contributed by atoms with Gasteiger partial charge in [0, 0.05) is 61.0 Å². The number of aryl methyl sites for hydroxylation is 1. The third-order valence-electron chi connectivity index (χ3n) is 5.26. The summed E-state index contributed by atoms with van der Waals surface area (Å²) in [6.07, 6.45) is 10.6. The monoisotopic (exact) mass is 446 g/mol. The summed E-state index contributed by atoms with van der Waals surface area (Å²) in [5, 5.41) is 17.6. The molecule has 0 N–H and O–H groups in total. The van der Waals surface area contributed by atoms with Gasteiger partial charge in [-0.05, 0) is 23.8 Å². The van der Waals surface area contributed by atoms with Crippen molar-refractivity contribution >= 4 is 0 Å². The standard InChI is InChI=1S/C25H18N8O/c1-32-16-22(15-30-32)33-8-7-24(34)23(31-33)10-17-3-2-4-18(9-17)25-28-13-20(14-29-25)19-5-6-21(11-26)27-12-19/h2-9,12-16H,10H2,1H3. The summed E-state index contributed by atoms with van der Waals surface area (Å²) in [5.41, 5.74) is 4.86. The Balaban J connectivity index is 1.39. The molecule has 0 aliphatic heterocycles. The zero-order valence-electron chi connectivity index (χ0n) is 18.2. The Bertz CT molecular complexity index is 1560. The van der Waals surface area contributed by atoms with Gasteiger partial charge in [0.25, 0.3) is 0 Å². The van der Waals surface area contributed by atoms with Crippen molar-refractivity contribution in [2.45, 2.75) is 6.42 Å². The number of hydrogen-bond acceptors (Lipinski definition) is 7. The van der Waals surface area contributed by atoms with E-state index >= 15 is 0 Å². The summed E-state index contributed by atoms with van der Waals surface area (Å²) in [6.45, 7) is 0. The molecule has 4 aromatic heterocycles. The molecule has 0 fully saturated rings. The Kier molecular flexibility index (Phi) is 5.46. The lowest BCUT2D eigenvalue weighted by Gasteiger charge is -2.07. The maximum atomic E-state index is 12.4. The molecule has 0 saturated carbocycles. The van der Waals surface area contributed by atoms with Gasteiger partial charge < -0.3 is 0 Å². The van der Waals surface area contributed by atoms with Crippen molar-refractivity contribution in [3.05, 3.63) is 107 Å². The minimum absolute atomic E-state index is 0.123. The molecule has 0 amide bonds. The molecule has 0 atom stereocenters. The van der Waals surface area contributed by atoms with Crippen LogP contribution in [0.3, 0.4) is 0 Å². The Hall–Kier alpha value is -4.97. The summed E-state index contributed by atoms with van der Waals surface area (Å²) in [4.78, 5) is 25.5. The van der Waals surface area contributed by atoms with Crippen LogP contribution in [0.15, 0.2) is 84.4 Å². The fraction of sp³-hybridized carbons (Fsp3) is 0.0800. The molecule has 0 unspecified atom stereocenters. The number of pyridine rings is 1. The van der Waals surface area contributed by atoms with Crippen molar-refractivity contribution in [1.82, 2.24) is 34.5 Å². The van der Waals surface area contributed by atoms with Crippen molar-refractivity contribution in [2.24, 2.45) is 7.05 Å². The first kappa shape index (κ1) is 20.9. The zero-order chi connectivity index (χ0) is 23.5. The van der Waals surface area contributed by atoms with Gasteiger partial charge in [0.15, 0.2) is 5.82 Å². The van der Waals surface area contributed by atoms with Gasteiger partial charge in [0.05, 0.1) is 12.4 Å². The second-order valence-corrected chi connectivity index (χ2v) is 7.66. The highest BCUT2D eigenvalue weighted by atomic mass is 16.1. The lowest BCUT2D eigenvalue weighted by atomic mass is 10.1. The maximum absolute atomic E-state index is 12.4. The van der Waals surface area contributed by atoms with E-state index in [1.807, 2.05) is 49.6 Å². The summed E-state index contributed by atoms with van der Waals surface area (Å²) in [5.74, 6) is 0.570. The molecule has 9 nitrogen and oxygen atoms in total. The van der Waals surface area contributed by atoms with Gasteiger partial charge >= 0.3 is 0 Å². The average Bonchev–Trinajstić information content (AvgIpc) is 3.32. The molecule has 1 aromatic carbocycles. The summed E-state index contributed by atoms with van der Waals surface area (Å²) < 4.78 is 3.33. The highest BCUT2D eigenvalue weighted by Crippen LogP contribution is 2.21. The van der Waals surface area contributed by atoms with Crippen LogP contribution in [0.5, 0.6) is 0 Å². The van der Waals surface area contributed by atoms with E-state index in [1.165, 1.54) is 6.07 Å². The number of nitriles is 1. The molecule has 0 radical (unpaired) electrons. The van der Waals surface area contributed by atoms with Gasteiger partial charge in [-0.15, -0.1) is 0 Å². The third kappa shape index (κ3) is 4.33. The predicted molar refractivity (Wildman–Crippen MR) is 125 cm³/mol. The second kappa shape index (κ2) is 8.88. The first-order valence-electron chi connectivity index (χ1n) is 10.4. The maximum Gasteiger partial charge on any atom is 0.203 e. The van der Waals surface area contributed by atoms with E-state index in [4.69, 9.17) is 5.26 Å². The van der Waals surface area contributed by atoms with E-state index in [1.54, 1.807) is 46.4 Å². The minimum atomic E-state index is -0.123. The average molecular weight is 446 g/mol. The largest absolute Gasteiger partial charge is 0.288 e. The van der Waals surface area contributed by atoms with E-state index in [-0.39, 0.29) is 5.43 Å². The van der Waals surface area contributed by atoms with Gasteiger partial charge in [-0.1, -0.05) is 18.2 Å². The lowest BCUT2D eigenvalue weighted by molar-refractivity contribution is 0.762. The molecule has 0 spiro atoms. The van der Waals surface area contributed by atoms with Crippen LogP contribution in [0.1, 0.15) is 17.0 Å². The van der Waals surface area contributed by atoms with Crippen LogP contribution in [-0.2, 0) is 13.5 Å². The molecule has 9 heteroatoms. The van der Waals surface area contributed by atoms with E-state index in [0.29, 0.717) is 23.6 Å². The van der Waals surface area contributed by atoms with Crippen LogP contribution in [0.4, 0.5) is 0 Å². The summed E-state index contributed by atoms with van der Waals surface area (Å²) >= 11 is 0. The molecule has 5 aromatic rings. The Morgan fingerprint density at radius 2 is 1.76 bits per heavy atom. The molecule has 4 heterocycles. The molecule has 164 valence electrons. The fourth-order valence-corrected chi connectivity index (χ4v) is 3.51. The molecular weight excluding hydrogens is 428 g/mol. The van der Waals surface area contributed by atoms with Crippen molar-refractivity contribution in [3.8, 4) is 34.3 Å². The zero-order valence-corrected chi connectivity index (χ0v) is 18.2. The predicted octanol–water partition coefficient (Wildman–Crippen LogP) is 2.95. The molecule has 34 heavy (non-hydrogen) atoms. The molecule has 0 aliphatic rings. The smallest absolute Gasteiger partial charge is 0.203 e. The van der Waals surface area contributed by atoms with E-state index in [0.717, 1.165) is 27.9 Å².